The van der Waals surface area contributed by atoms with E-state index in [1.165, 1.54) is 0 Å². The van der Waals surface area contributed by atoms with Gasteiger partial charge in [0.2, 0.25) is 0 Å². The first kappa shape index (κ1) is 13.7. The van der Waals surface area contributed by atoms with Gasteiger partial charge in [0.1, 0.15) is 11.9 Å². The number of ether oxygens (including phenoxy) is 1. The van der Waals surface area contributed by atoms with E-state index in [0.717, 1.165) is 12.8 Å². The Kier molecular flexibility index (Phi) is 3.88. The minimum absolute atomic E-state index is 0.114. The first-order valence-electron chi connectivity index (χ1n) is 6.19. The molecule has 1 aliphatic carbocycles. The summed E-state index contributed by atoms with van der Waals surface area (Å²) in [6.45, 7) is 4.04. The van der Waals surface area contributed by atoms with Gasteiger partial charge in [0.25, 0.3) is 0 Å². The Morgan fingerprint density at radius 2 is 1.83 bits per heavy atom. The molecule has 1 aliphatic rings. The molecular weight excluding hydrogens is 271 g/mol. The fourth-order valence-electron chi connectivity index (χ4n) is 2.61. The van der Waals surface area contributed by atoms with Gasteiger partial charge in [-0.25, -0.2) is 0 Å². The topological polar surface area (TPSA) is 26.3 Å². The lowest BCUT2D eigenvalue weighted by Crippen LogP contribution is -2.56. The van der Waals surface area contributed by atoms with E-state index in [0.29, 0.717) is 22.2 Å². The van der Waals surface area contributed by atoms with Crippen LogP contribution in [-0.4, -0.2) is 11.9 Å². The van der Waals surface area contributed by atoms with E-state index < -0.39 is 0 Å². The van der Waals surface area contributed by atoms with E-state index in [2.05, 4.69) is 0 Å². The van der Waals surface area contributed by atoms with Crippen molar-refractivity contribution in [1.82, 2.24) is 0 Å². The molecule has 1 atom stereocenters. The molecule has 0 spiro atoms. The van der Waals surface area contributed by atoms with E-state index in [1.54, 1.807) is 18.2 Å². The van der Waals surface area contributed by atoms with Crippen molar-refractivity contribution < 1.29 is 9.53 Å². The van der Waals surface area contributed by atoms with E-state index in [4.69, 9.17) is 27.9 Å². The second kappa shape index (κ2) is 5.10. The third kappa shape index (κ3) is 2.02. The molecule has 4 heteroatoms. The van der Waals surface area contributed by atoms with E-state index in [1.807, 2.05) is 13.8 Å². The van der Waals surface area contributed by atoms with Gasteiger partial charge in [0.05, 0.1) is 15.5 Å². The summed E-state index contributed by atoms with van der Waals surface area (Å²) in [5.74, 6) is 0.769. The van der Waals surface area contributed by atoms with Crippen LogP contribution in [-0.2, 0) is 4.79 Å². The number of carbonyl (C=O) groups is 1. The molecule has 0 bridgehead atoms. The highest BCUT2D eigenvalue weighted by Crippen LogP contribution is 2.47. The van der Waals surface area contributed by atoms with E-state index >= 15 is 0 Å². The fourth-order valence-corrected chi connectivity index (χ4v) is 3.09. The second-order valence-corrected chi connectivity index (χ2v) is 5.46. The molecule has 0 radical (unpaired) electrons. The quantitative estimate of drug-likeness (QED) is 0.813. The maximum Gasteiger partial charge on any atom is 0.156 e. The standard InChI is InChI=1S/C14H16Cl2O2/c1-3-14(4-2)11(17)8-12(14)18-13-9(15)6-5-7-10(13)16/h5-7,12H,3-4,8H2,1-2H3. The summed E-state index contributed by atoms with van der Waals surface area (Å²) in [5, 5.41) is 0.978. The van der Waals surface area contributed by atoms with Crippen LogP contribution in [0.5, 0.6) is 5.75 Å². The number of carbonyl (C=O) groups excluding carboxylic acids is 1. The van der Waals surface area contributed by atoms with Crippen LogP contribution in [0.15, 0.2) is 18.2 Å². The Labute approximate surface area is 117 Å². The molecule has 1 fully saturated rings. The van der Waals surface area contributed by atoms with Crippen LogP contribution in [0.25, 0.3) is 0 Å². The molecule has 1 aromatic carbocycles. The lowest BCUT2D eigenvalue weighted by molar-refractivity contribution is -0.153. The van der Waals surface area contributed by atoms with Gasteiger partial charge >= 0.3 is 0 Å². The van der Waals surface area contributed by atoms with Crippen molar-refractivity contribution in [3.8, 4) is 5.75 Å². The maximum atomic E-state index is 11.8. The van der Waals surface area contributed by atoms with Crippen molar-refractivity contribution in [2.24, 2.45) is 5.41 Å². The highest BCUT2D eigenvalue weighted by molar-refractivity contribution is 6.37. The number of rotatable bonds is 4. The predicted molar refractivity (Wildman–Crippen MR) is 73.5 cm³/mol. The molecule has 1 saturated carbocycles. The molecule has 0 N–H and O–H groups in total. The van der Waals surface area contributed by atoms with Crippen LogP contribution >= 0.6 is 23.2 Å². The van der Waals surface area contributed by atoms with Crippen LogP contribution in [0, 0.1) is 5.41 Å². The minimum atomic E-state index is -0.359. The molecule has 0 saturated heterocycles. The average Bonchev–Trinajstić information content (AvgIpc) is 2.34. The van der Waals surface area contributed by atoms with Crippen molar-refractivity contribution in [2.45, 2.75) is 39.2 Å². The smallest absolute Gasteiger partial charge is 0.156 e. The first-order chi connectivity index (χ1) is 8.55. The number of halogens is 2. The second-order valence-electron chi connectivity index (χ2n) is 4.65. The number of hydrogen-bond donors (Lipinski definition) is 0. The Bertz CT molecular complexity index is 447. The Balaban J connectivity index is 2.23. The number of ketones is 1. The van der Waals surface area contributed by atoms with Crippen molar-refractivity contribution in [3.05, 3.63) is 28.2 Å². The van der Waals surface area contributed by atoms with Gasteiger partial charge in [-0.1, -0.05) is 43.1 Å². The van der Waals surface area contributed by atoms with Crippen molar-refractivity contribution in [1.29, 1.82) is 0 Å². The largest absolute Gasteiger partial charge is 0.486 e. The van der Waals surface area contributed by atoms with Crippen LogP contribution in [0.4, 0.5) is 0 Å². The van der Waals surface area contributed by atoms with Crippen LogP contribution < -0.4 is 4.74 Å². The summed E-state index contributed by atoms with van der Waals surface area (Å²) in [5.41, 5.74) is -0.359. The lowest BCUT2D eigenvalue weighted by atomic mass is 9.61. The third-order valence-corrected chi connectivity index (χ3v) is 4.58. The van der Waals surface area contributed by atoms with Gasteiger partial charge in [0, 0.05) is 6.42 Å². The average molecular weight is 287 g/mol. The summed E-state index contributed by atoms with van der Waals surface area (Å²) >= 11 is 12.2. The molecule has 1 aromatic rings. The zero-order chi connectivity index (χ0) is 13.3. The van der Waals surface area contributed by atoms with Gasteiger partial charge < -0.3 is 4.74 Å². The maximum absolute atomic E-state index is 11.8. The van der Waals surface area contributed by atoms with Crippen molar-refractivity contribution in [3.63, 3.8) is 0 Å². The Morgan fingerprint density at radius 3 is 2.28 bits per heavy atom. The monoisotopic (exact) mass is 286 g/mol. The zero-order valence-corrected chi connectivity index (χ0v) is 12.0. The molecule has 2 nitrogen and oxygen atoms in total. The molecule has 1 unspecified atom stereocenters. The first-order valence-corrected chi connectivity index (χ1v) is 6.94. The van der Waals surface area contributed by atoms with Crippen LogP contribution in [0.3, 0.4) is 0 Å². The fraction of sp³-hybridized carbons (Fsp3) is 0.500. The Hall–Kier alpha value is -0.730. The molecule has 0 amide bonds. The predicted octanol–water partition coefficient (Wildman–Crippen LogP) is 4.52. The molecule has 98 valence electrons. The van der Waals surface area contributed by atoms with Crippen molar-refractivity contribution >= 4 is 29.0 Å². The molecule has 0 aromatic heterocycles. The summed E-state index contributed by atoms with van der Waals surface area (Å²) < 4.78 is 5.90. The molecule has 0 heterocycles. The third-order valence-electron chi connectivity index (χ3n) is 3.98. The molecule has 0 aliphatic heterocycles. The highest BCUT2D eigenvalue weighted by Gasteiger charge is 2.54. The number of hydrogen-bond acceptors (Lipinski definition) is 2. The summed E-state index contributed by atoms with van der Waals surface area (Å²) in [6.07, 6.45) is 1.91. The van der Waals surface area contributed by atoms with Gasteiger partial charge in [0.15, 0.2) is 5.75 Å². The normalized spacial score (nSPS) is 21.6. The summed E-state index contributed by atoms with van der Waals surface area (Å²) in [6, 6.07) is 5.25. The van der Waals surface area contributed by atoms with Crippen molar-refractivity contribution in [2.75, 3.05) is 0 Å². The van der Waals surface area contributed by atoms with Gasteiger partial charge in [-0.3, -0.25) is 4.79 Å². The Morgan fingerprint density at radius 1 is 1.28 bits per heavy atom. The minimum Gasteiger partial charge on any atom is -0.486 e. The van der Waals surface area contributed by atoms with Gasteiger partial charge in [-0.2, -0.15) is 0 Å². The van der Waals surface area contributed by atoms with Gasteiger partial charge in [-0.05, 0) is 25.0 Å². The van der Waals surface area contributed by atoms with Gasteiger partial charge in [-0.15, -0.1) is 0 Å². The number of para-hydroxylation sites is 1. The summed E-state index contributed by atoms with van der Waals surface area (Å²) in [4.78, 5) is 11.8. The van der Waals surface area contributed by atoms with Crippen LogP contribution in [0.1, 0.15) is 33.1 Å². The SMILES string of the molecule is CCC1(CC)C(=O)CC1Oc1c(Cl)cccc1Cl. The molecular formula is C14H16Cl2O2. The zero-order valence-electron chi connectivity index (χ0n) is 10.5. The molecule has 2 rings (SSSR count). The molecule has 18 heavy (non-hydrogen) atoms. The highest BCUT2D eigenvalue weighted by atomic mass is 35.5. The van der Waals surface area contributed by atoms with E-state index in [9.17, 15) is 4.79 Å². The number of Topliss-reactive ketones (excluding diaryl/α,β-unsaturated/α-hetero) is 1. The number of benzene rings is 1. The van der Waals surface area contributed by atoms with Crippen LogP contribution in [0.2, 0.25) is 10.0 Å². The van der Waals surface area contributed by atoms with E-state index in [-0.39, 0.29) is 17.3 Å². The summed E-state index contributed by atoms with van der Waals surface area (Å²) in [7, 11) is 0. The lowest BCUT2D eigenvalue weighted by Gasteiger charge is -2.46.